The van der Waals surface area contributed by atoms with Crippen LogP contribution in [0.1, 0.15) is 6.92 Å². The largest absolute Gasteiger partial charge is 0.381 e. The molecule has 0 saturated heterocycles. The first-order chi connectivity index (χ1) is 5.74. The smallest absolute Gasteiger partial charge is 0.156 e. The van der Waals surface area contributed by atoms with Crippen molar-refractivity contribution in [3.63, 3.8) is 0 Å². The summed E-state index contributed by atoms with van der Waals surface area (Å²) in [5.74, 6) is 0.379. The van der Waals surface area contributed by atoms with Gasteiger partial charge in [-0.2, -0.15) is 5.26 Å². The van der Waals surface area contributed by atoms with Crippen molar-refractivity contribution < 1.29 is 0 Å². The Bertz CT molecular complexity index is 307. The Kier molecular flexibility index (Phi) is 2.88. The summed E-state index contributed by atoms with van der Waals surface area (Å²) in [4.78, 5) is 7.84. The zero-order valence-corrected chi connectivity index (χ0v) is 7.38. The molecule has 0 spiro atoms. The van der Waals surface area contributed by atoms with Gasteiger partial charge in [-0.3, -0.25) is 0 Å². The summed E-state index contributed by atoms with van der Waals surface area (Å²) in [6, 6.07) is 2.08. The van der Waals surface area contributed by atoms with Gasteiger partial charge in [0.15, 0.2) is 5.82 Å². The number of hydrogen-bond donors (Lipinski definition) is 1. The molecule has 1 atom stereocenters. The van der Waals surface area contributed by atoms with Crippen LogP contribution in [0.25, 0.3) is 0 Å². The van der Waals surface area contributed by atoms with Crippen LogP contribution < -0.4 is 5.73 Å². The minimum atomic E-state index is -0.149. The highest BCUT2D eigenvalue weighted by molar-refractivity contribution is 8.00. The predicted octanol–water partition coefficient (Wildman–Crippen LogP) is 1.06. The number of nitrogens with two attached hydrogens (primary N) is 1. The van der Waals surface area contributed by atoms with Gasteiger partial charge in [-0.15, -0.1) is 0 Å². The van der Waals surface area contributed by atoms with E-state index in [0.29, 0.717) is 10.8 Å². The summed E-state index contributed by atoms with van der Waals surface area (Å²) < 4.78 is 0. The van der Waals surface area contributed by atoms with E-state index < -0.39 is 0 Å². The molecule has 0 saturated carbocycles. The van der Waals surface area contributed by atoms with Crippen LogP contribution in [0.2, 0.25) is 0 Å². The van der Waals surface area contributed by atoms with E-state index in [0.717, 1.165) is 0 Å². The first-order valence-corrected chi connectivity index (χ1v) is 4.24. The summed E-state index contributed by atoms with van der Waals surface area (Å²) >= 11 is 1.31. The van der Waals surface area contributed by atoms with Crippen LogP contribution in [0.5, 0.6) is 0 Å². The van der Waals surface area contributed by atoms with Crippen LogP contribution >= 0.6 is 11.8 Å². The Morgan fingerprint density at radius 1 is 1.58 bits per heavy atom. The van der Waals surface area contributed by atoms with Crippen LogP contribution in [-0.2, 0) is 0 Å². The highest BCUT2D eigenvalue weighted by atomic mass is 32.2. The number of nitrogen functional groups attached to an aromatic ring is 1. The quantitative estimate of drug-likeness (QED) is 0.689. The van der Waals surface area contributed by atoms with Crippen LogP contribution in [0.15, 0.2) is 17.4 Å². The summed E-state index contributed by atoms with van der Waals surface area (Å²) in [5.41, 5.74) is 5.52. The molecule has 0 amide bonds. The normalized spacial score (nSPS) is 12.0. The van der Waals surface area contributed by atoms with Crippen molar-refractivity contribution >= 4 is 17.6 Å². The number of thioether (sulfide) groups is 1. The maximum Gasteiger partial charge on any atom is 0.156 e. The molecule has 1 heterocycles. The van der Waals surface area contributed by atoms with Gasteiger partial charge in [0.2, 0.25) is 0 Å². The van der Waals surface area contributed by atoms with E-state index >= 15 is 0 Å². The third kappa shape index (κ3) is 2.10. The minimum absolute atomic E-state index is 0.149. The van der Waals surface area contributed by atoms with Gasteiger partial charge in [0.1, 0.15) is 5.03 Å². The maximum atomic E-state index is 8.53. The second-order valence-corrected chi connectivity index (χ2v) is 3.47. The molecule has 0 aliphatic rings. The summed E-state index contributed by atoms with van der Waals surface area (Å²) in [5, 5.41) is 9.00. The average Bonchev–Trinajstić information content (AvgIpc) is 2.09. The molecule has 0 fully saturated rings. The zero-order chi connectivity index (χ0) is 8.97. The van der Waals surface area contributed by atoms with Gasteiger partial charge < -0.3 is 5.73 Å². The molecule has 1 aromatic heterocycles. The summed E-state index contributed by atoms with van der Waals surface area (Å²) in [6.07, 6.45) is 3.08. The average molecular weight is 180 g/mol. The van der Waals surface area contributed by atoms with Crippen LogP contribution in [0, 0.1) is 11.3 Å². The summed E-state index contributed by atoms with van der Waals surface area (Å²) in [7, 11) is 0. The van der Waals surface area contributed by atoms with Crippen molar-refractivity contribution in [3.8, 4) is 6.07 Å². The number of anilines is 1. The first kappa shape index (κ1) is 8.81. The third-order valence-electron chi connectivity index (χ3n) is 1.16. The standard InChI is InChI=1S/C7H8N4S/c1-5(4-8)12-7-6(9)10-2-3-11-7/h2-3,5H,1H3,(H2,9,10). The fraction of sp³-hybridized carbons (Fsp3) is 0.286. The van der Waals surface area contributed by atoms with E-state index in [9.17, 15) is 0 Å². The molecule has 12 heavy (non-hydrogen) atoms. The molecule has 1 rings (SSSR count). The van der Waals surface area contributed by atoms with E-state index in [4.69, 9.17) is 11.0 Å². The fourth-order valence-corrected chi connectivity index (χ4v) is 1.30. The molecule has 0 aliphatic carbocycles. The summed E-state index contributed by atoms with van der Waals surface area (Å²) in [6.45, 7) is 1.79. The van der Waals surface area contributed by atoms with Gasteiger partial charge in [0.05, 0.1) is 11.3 Å². The zero-order valence-electron chi connectivity index (χ0n) is 6.56. The van der Waals surface area contributed by atoms with Crippen molar-refractivity contribution in [1.29, 1.82) is 5.26 Å². The number of rotatable bonds is 2. The Morgan fingerprint density at radius 2 is 2.25 bits per heavy atom. The van der Waals surface area contributed by atoms with E-state index in [1.807, 2.05) is 0 Å². The molecule has 2 N–H and O–H groups in total. The van der Waals surface area contributed by atoms with Crippen molar-refractivity contribution in [2.24, 2.45) is 0 Å². The highest BCUT2D eigenvalue weighted by Gasteiger charge is 2.06. The molecule has 0 bridgehead atoms. The Hall–Kier alpha value is -1.28. The van der Waals surface area contributed by atoms with E-state index in [2.05, 4.69) is 16.0 Å². The molecule has 0 radical (unpaired) electrons. The molecule has 0 aliphatic heterocycles. The van der Waals surface area contributed by atoms with Gasteiger partial charge in [-0.05, 0) is 6.92 Å². The van der Waals surface area contributed by atoms with Crippen LogP contribution in [0.4, 0.5) is 5.82 Å². The van der Waals surface area contributed by atoms with E-state index in [-0.39, 0.29) is 5.25 Å². The van der Waals surface area contributed by atoms with Crippen molar-refractivity contribution in [2.45, 2.75) is 17.2 Å². The molecular weight excluding hydrogens is 172 g/mol. The van der Waals surface area contributed by atoms with Crippen molar-refractivity contribution in [1.82, 2.24) is 9.97 Å². The Labute approximate surface area is 74.8 Å². The van der Waals surface area contributed by atoms with Gasteiger partial charge in [0, 0.05) is 12.4 Å². The fourth-order valence-electron chi connectivity index (χ4n) is 0.621. The number of hydrogen-bond acceptors (Lipinski definition) is 5. The first-order valence-electron chi connectivity index (χ1n) is 3.37. The van der Waals surface area contributed by atoms with E-state index in [1.54, 1.807) is 13.1 Å². The number of nitrogens with zero attached hydrogens (tertiary/aromatic N) is 3. The molecular formula is C7H8N4S. The monoisotopic (exact) mass is 180 g/mol. The lowest BCUT2D eigenvalue weighted by atomic mass is 10.5. The van der Waals surface area contributed by atoms with Crippen LogP contribution in [-0.4, -0.2) is 15.2 Å². The second-order valence-electron chi connectivity index (χ2n) is 2.14. The maximum absolute atomic E-state index is 8.53. The number of nitriles is 1. The van der Waals surface area contributed by atoms with Gasteiger partial charge in [-0.1, -0.05) is 11.8 Å². The third-order valence-corrected chi connectivity index (χ3v) is 2.16. The van der Waals surface area contributed by atoms with E-state index in [1.165, 1.54) is 18.0 Å². The second kappa shape index (κ2) is 3.93. The predicted molar refractivity (Wildman–Crippen MR) is 47.4 cm³/mol. The molecule has 62 valence electrons. The number of aromatic nitrogens is 2. The van der Waals surface area contributed by atoms with Gasteiger partial charge in [0.25, 0.3) is 0 Å². The molecule has 4 nitrogen and oxygen atoms in total. The van der Waals surface area contributed by atoms with Gasteiger partial charge >= 0.3 is 0 Å². The molecule has 5 heteroatoms. The Balaban J connectivity index is 2.77. The lowest BCUT2D eigenvalue weighted by Crippen LogP contribution is -1.98. The lowest BCUT2D eigenvalue weighted by molar-refractivity contribution is 1.06. The molecule has 1 unspecified atom stereocenters. The Morgan fingerprint density at radius 3 is 2.83 bits per heavy atom. The van der Waals surface area contributed by atoms with Crippen molar-refractivity contribution in [3.05, 3.63) is 12.4 Å². The van der Waals surface area contributed by atoms with Gasteiger partial charge in [-0.25, -0.2) is 9.97 Å². The lowest BCUT2D eigenvalue weighted by Gasteiger charge is -2.02. The highest BCUT2D eigenvalue weighted by Crippen LogP contribution is 2.23. The molecule has 0 aromatic carbocycles. The topological polar surface area (TPSA) is 75.6 Å². The van der Waals surface area contributed by atoms with Crippen LogP contribution in [0.3, 0.4) is 0 Å². The molecule has 1 aromatic rings. The minimum Gasteiger partial charge on any atom is -0.381 e. The SMILES string of the molecule is CC(C#N)Sc1nccnc1N. The van der Waals surface area contributed by atoms with Crippen molar-refractivity contribution in [2.75, 3.05) is 5.73 Å².